The molecule has 2 heterocycles. The van der Waals surface area contributed by atoms with E-state index < -0.39 is 10.0 Å². The highest BCUT2D eigenvalue weighted by molar-refractivity contribution is 7.89. The highest BCUT2D eigenvalue weighted by Crippen LogP contribution is 2.25. The first kappa shape index (κ1) is 18.7. The number of aromatic nitrogens is 1. The van der Waals surface area contributed by atoms with Crippen LogP contribution in [-0.2, 0) is 10.0 Å². The lowest BCUT2D eigenvalue weighted by Crippen LogP contribution is -2.44. The van der Waals surface area contributed by atoms with Gasteiger partial charge in [0.2, 0.25) is 10.0 Å². The molecular weight excluding hydrogens is 352 g/mol. The molecule has 0 amide bonds. The molecule has 0 aliphatic carbocycles. The average Bonchev–Trinajstić information content (AvgIpc) is 2.63. The highest BCUT2D eigenvalue weighted by Gasteiger charge is 2.31. The number of ether oxygens (including phenoxy) is 2. The molecule has 2 aromatic rings. The minimum Gasteiger partial charge on any atom is -0.491 e. The smallest absolute Gasteiger partial charge is 0.243 e. The number of rotatable bonds is 6. The van der Waals surface area contributed by atoms with E-state index in [0.717, 1.165) is 12.8 Å². The first-order valence-electron chi connectivity index (χ1n) is 8.79. The van der Waals surface area contributed by atoms with Gasteiger partial charge in [0.1, 0.15) is 17.6 Å². The maximum Gasteiger partial charge on any atom is 0.243 e. The summed E-state index contributed by atoms with van der Waals surface area (Å²) in [4.78, 5) is 4.24. The molecule has 0 saturated carbocycles. The van der Waals surface area contributed by atoms with Crippen LogP contribution in [0.3, 0.4) is 0 Å². The van der Waals surface area contributed by atoms with Gasteiger partial charge in [0.15, 0.2) is 0 Å². The summed E-state index contributed by atoms with van der Waals surface area (Å²) in [5.74, 6) is 1.37. The molecule has 1 unspecified atom stereocenters. The second-order valence-electron chi connectivity index (χ2n) is 6.57. The fourth-order valence-corrected chi connectivity index (χ4v) is 4.45. The van der Waals surface area contributed by atoms with Crippen molar-refractivity contribution in [2.24, 2.45) is 0 Å². The van der Waals surface area contributed by atoms with Crippen molar-refractivity contribution in [3.05, 3.63) is 48.8 Å². The zero-order valence-corrected chi connectivity index (χ0v) is 15.9. The van der Waals surface area contributed by atoms with E-state index in [2.05, 4.69) is 4.98 Å². The monoisotopic (exact) mass is 376 g/mol. The molecule has 1 atom stereocenters. The van der Waals surface area contributed by atoms with E-state index in [4.69, 9.17) is 9.47 Å². The Morgan fingerprint density at radius 2 is 1.77 bits per heavy atom. The van der Waals surface area contributed by atoms with Crippen LogP contribution >= 0.6 is 0 Å². The lowest BCUT2D eigenvalue weighted by atomic mass is 10.1. The third-order valence-corrected chi connectivity index (χ3v) is 6.01. The zero-order valence-electron chi connectivity index (χ0n) is 15.0. The lowest BCUT2D eigenvalue weighted by Gasteiger charge is -2.32. The molecule has 3 rings (SSSR count). The van der Waals surface area contributed by atoms with Crippen molar-refractivity contribution >= 4 is 10.0 Å². The van der Waals surface area contributed by atoms with Crippen molar-refractivity contribution in [2.45, 2.75) is 43.8 Å². The summed E-state index contributed by atoms with van der Waals surface area (Å²) < 4.78 is 38.9. The Kier molecular flexibility index (Phi) is 5.78. The molecule has 0 radical (unpaired) electrons. The van der Waals surface area contributed by atoms with Gasteiger partial charge in [-0.05, 0) is 63.1 Å². The summed E-state index contributed by atoms with van der Waals surface area (Å²) in [6, 6.07) is 10.1. The molecule has 1 aromatic carbocycles. The normalized spacial score (nSPS) is 18.7. The predicted molar refractivity (Wildman–Crippen MR) is 98.9 cm³/mol. The Labute approximate surface area is 154 Å². The number of hydrogen-bond donors (Lipinski definition) is 0. The Bertz CT molecular complexity index is 807. The summed E-state index contributed by atoms with van der Waals surface area (Å²) in [5, 5.41) is 0. The van der Waals surface area contributed by atoms with E-state index in [1.165, 1.54) is 4.31 Å². The largest absolute Gasteiger partial charge is 0.491 e. The number of pyridine rings is 1. The van der Waals surface area contributed by atoms with Crippen molar-refractivity contribution in [3.63, 3.8) is 0 Å². The summed E-state index contributed by atoms with van der Waals surface area (Å²) in [7, 11) is -3.55. The van der Waals surface area contributed by atoms with Gasteiger partial charge < -0.3 is 9.47 Å². The van der Waals surface area contributed by atoms with Crippen molar-refractivity contribution in [1.29, 1.82) is 0 Å². The second-order valence-corrected chi connectivity index (χ2v) is 8.50. The summed E-state index contributed by atoms with van der Waals surface area (Å²) in [5.41, 5.74) is 0. The van der Waals surface area contributed by atoms with Crippen LogP contribution < -0.4 is 9.47 Å². The van der Waals surface area contributed by atoms with Crippen LogP contribution in [0.25, 0.3) is 0 Å². The van der Waals surface area contributed by atoms with Crippen molar-refractivity contribution in [2.75, 3.05) is 13.1 Å². The molecule has 1 aromatic heterocycles. The first-order chi connectivity index (χ1) is 12.4. The number of benzene rings is 1. The molecular formula is C19H24N2O4S. The van der Waals surface area contributed by atoms with Crippen LogP contribution in [0.2, 0.25) is 0 Å². The molecule has 7 heteroatoms. The maximum atomic E-state index is 12.9. The predicted octanol–water partition coefficient (Wildman–Crippen LogP) is 3.10. The van der Waals surface area contributed by atoms with Crippen LogP contribution in [-0.4, -0.2) is 43.0 Å². The molecule has 0 bridgehead atoms. The van der Waals surface area contributed by atoms with Crippen LogP contribution in [0.5, 0.6) is 11.5 Å². The second kappa shape index (κ2) is 8.05. The SMILES string of the molecule is CC(C)Oc1ccc(S(=O)(=O)N2CCCC(Oc3ccncc3)C2)cc1. The van der Waals surface area contributed by atoms with E-state index in [9.17, 15) is 8.42 Å². The molecule has 26 heavy (non-hydrogen) atoms. The van der Waals surface area contributed by atoms with Crippen molar-refractivity contribution in [1.82, 2.24) is 9.29 Å². The molecule has 1 aliphatic rings. The van der Waals surface area contributed by atoms with Gasteiger partial charge in [0.05, 0.1) is 17.5 Å². The van der Waals surface area contributed by atoms with E-state index in [0.29, 0.717) is 24.6 Å². The average molecular weight is 376 g/mol. The number of sulfonamides is 1. The van der Waals surface area contributed by atoms with E-state index in [1.807, 2.05) is 13.8 Å². The standard InChI is InChI=1S/C19H24N2O4S/c1-15(2)24-16-5-7-19(8-6-16)26(22,23)21-13-3-4-18(14-21)25-17-9-11-20-12-10-17/h5-12,15,18H,3-4,13-14H2,1-2H3. The van der Waals surface area contributed by atoms with Gasteiger partial charge in [-0.1, -0.05) is 0 Å². The highest BCUT2D eigenvalue weighted by atomic mass is 32.2. The van der Waals surface area contributed by atoms with Gasteiger partial charge in [0.25, 0.3) is 0 Å². The molecule has 0 N–H and O–H groups in total. The van der Waals surface area contributed by atoms with Crippen molar-refractivity contribution in [3.8, 4) is 11.5 Å². The lowest BCUT2D eigenvalue weighted by molar-refractivity contribution is 0.129. The maximum absolute atomic E-state index is 12.9. The van der Waals surface area contributed by atoms with E-state index in [1.54, 1.807) is 48.8 Å². The number of hydrogen-bond acceptors (Lipinski definition) is 5. The van der Waals surface area contributed by atoms with Gasteiger partial charge in [-0.3, -0.25) is 4.98 Å². The Morgan fingerprint density at radius 3 is 2.42 bits per heavy atom. The molecule has 1 saturated heterocycles. The van der Waals surface area contributed by atoms with Crippen LogP contribution in [0, 0.1) is 0 Å². The minimum absolute atomic E-state index is 0.0469. The summed E-state index contributed by atoms with van der Waals surface area (Å²) in [6.07, 6.45) is 4.80. The molecule has 1 fully saturated rings. The van der Waals surface area contributed by atoms with E-state index in [-0.39, 0.29) is 17.1 Å². The minimum atomic E-state index is -3.55. The fraction of sp³-hybridized carbons (Fsp3) is 0.421. The first-order valence-corrected chi connectivity index (χ1v) is 10.2. The van der Waals surface area contributed by atoms with Crippen LogP contribution in [0.4, 0.5) is 0 Å². The fourth-order valence-electron chi connectivity index (χ4n) is 2.94. The molecule has 140 valence electrons. The summed E-state index contributed by atoms with van der Waals surface area (Å²) >= 11 is 0. The third-order valence-electron chi connectivity index (χ3n) is 4.13. The Hall–Kier alpha value is -2.12. The number of piperidine rings is 1. The van der Waals surface area contributed by atoms with Gasteiger partial charge in [-0.15, -0.1) is 0 Å². The van der Waals surface area contributed by atoms with Crippen molar-refractivity contribution < 1.29 is 17.9 Å². The van der Waals surface area contributed by atoms with Gasteiger partial charge >= 0.3 is 0 Å². The molecule has 0 spiro atoms. The van der Waals surface area contributed by atoms with Gasteiger partial charge in [-0.2, -0.15) is 4.31 Å². The Balaban J connectivity index is 1.70. The zero-order chi connectivity index (χ0) is 18.6. The third kappa shape index (κ3) is 4.53. The quantitative estimate of drug-likeness (QED) is 0.775. The van der Waals surface area contributed by atoms with Crippen LogP contribution in [0.1, 0.15) is 26.7 Å². The summed E-state index contributed by atoms with van der Waals surface area (Å²) in [6.45, 7) is 4.71. The Morgan fingerprint density at radius 1 is 1.08 bits per heavy atom. The van der Waals surface area contributed by atoms with E-state index >= 15 is 0 Å². The molecule has 6 nitrogen and oxygen atoms in total. The van der Waals surface area contributed by atoms with Gasteiger partial charge in [0, 0.05) is 18.9 Å². The van der Waals surface area contributed by atoms with Crippen LogP contribution in [0.15, 0.2) is 53.7 Å². The molecule has 1 aliphatic heterocycles. The number of nitrogens with zero attached hydrogens (tertiary/aromatic N) is 2. The topological polar surface area (TPSA) is 68.7 Å². The van der Waals surface area contributed by atoms with Gasteiger partial charge in [-0.25, -0.2) is 8.42 Å².